The van der Waals surface area contributed by atoms with Crippen molar-refractivity contribution in [2.24, 2.45) is 0 Å². The van der Waals surface area contributed by atoms with Gasteiger partial charge in [0.2, 0.25) is 5.91 Å². The molecule has 0 radical (unpaired) electrons. The number of carbonyl (C=O) groups excluding carboxylic acids is 1. The van der Waals surface area contributed by atoms with Crippen LogP contribution in [0.3, 0.4) is 0 Å². The first kappa shape index (κ1) is 23.6. The lowest BCUT2D eigenvalue weighted by atomic mass is 9.88. The van der Waals surface area contributed by atoms with Crippen molar-refractivity contribution in [3.63, 3.8) is 0 Å². The minimum atomic E-state index is -0.0266. The van der Waals surface area contributed by atoms with E-state index in [0.29, 0.717) is 11.7 Å². The highest BCUT2D eigenvalue weighted by Gasteiger charge is 2.24. The molecule has 0 saturated carbocycles. The number of amides is 1. The van der Waals surface area contributed by atoms with Crippen LogP contribution < -0.4 is 10.9 Å². The van der Waals surface area contributed by atoms with Crippen LogP contribution in [0.2, 0.25) is 0 Å². The predicted octanol–water partition coefficient (Wildman–Crippen LogP) is 4.79. The molecule has 0 spiro atoms. The number of benzene rings is 1. The number of carbonyl (C=O) groups is 1. The van der Waals surface area contributed by atoms with Crippen LogP contribution in [0.1, 0.15) is 60.2 Å². The number of nitrogens with one attached hydrogen (secondary N) is 1. The molecule has 1 aliphatic heterocycles. The second kappa shape index (κ2) is 10.2. The first-order valence-corrected chi connectivity index (χ1v) is 14.0. The van der Waals surface area contributed by atoms with Crippen molar-refractivity contribution < 1.29 is 9.53 Å². The first-order chi connectivity index (χ1) is 16.5. The van der Waals surface area contributed by atoms with Crippen molar-refractivity contribution in [1.29, 1.82) is 0 Å². The molecule has 1 fully saturated rings. The number of hydrogen-bond acceptors (Lipinski definition) is 6. The molecule has 8 heteroatoms. The fraction of sp³-hybridized carbons (Fsp3) is 0.500. The van der Waals surface area contributed by atoms with Crippen LogP contribution in [0.15, 0.2) is 34.2 Å². The van der Waals surface area contributed by atoms with Gasteiger partial charge in [-0.2, -0.15) is 0 Å². The molecular weight excluding hydrogens is 466 g/mol. The third-order valence-corrected chi connectivity index (χ3v) is 8.90. The average molecular weight is 498 g/mol. The summed E-state index contributed by atoms with van der Waals surface area (Å²) in [6, 6.07) is 8.42. The maximum absolute atomic E-state index is 13.6. The maximum atomic E-state index is 13.6. The molecule has 3 aromatic rings. The number of ether oxygens (including phenoxy) is 1. The Balaban J connectivity index is 1.38. The Labute approximate surface area is 208 Å². The molecule has 2 aliphatic rings. The summed E-state index contributed by atoms with van der Waals surface area (Å²) in [5.41, 5.74) is 3.63. The third kappa shape index (κ3) is 4.68. The fourth-order valence-corrected chi connectivity index (χ4v) is 7.16. The molecule has 1 aliphatic carbocycles. The van der Waals surface area contributed by atoms with Crippen LogP contribution in [0.5, 0.6) is 0 Å². The van der Waals surface area contributed by atoms with Gasteiger partial charge in [-0.25, -0.2) is 4.98 Å². The first-order valence-electron chi connectivity index (χ1n) is 12.2. The van der Waals surface area contributed by atoms with Gasteiger partial charge in [0.1, 0.15) is 4.83 Å². The topological polar surface area (TPSA) is 73.2 Å². The Hall–Kier alpha value is -2.16. The summed E-state index contributed by atoms with van der Waals surface area (Å²) in [6.07, 6.45) is 5.88. The van der Waals surface area contributed by atoms with E-state index >= 15 is 0 Å². The zero-order chi connectivity index (χ0) is 23.7. The number of thioether (sulfide) groups is 1. The van der Waals surface area contributed by atoms with E-state index < -0.39 is 0 Å². The fourth-order valence-electron chi connectivity index (χ4n) is 5.19. The molecule has 1 N–H and O–H groups in total. The van der Waals surface area contributed by atoms with Gasteiger partial charge in [-0.15, -0.1) is 11.3 Å². The van der Waals surface area contributed by atoms with E-state index in [1.54, 1.807) is 15.9 Å². The molecule has 180 valence electrons. The Kier molecular flexibility index (Phi) is 7.09. The van der Waals surface area contributed by atoms with Crippen LogP contribution in [0, 0.1) is 6.92 Å². The van der Waals surface area contributed by atoms with E-state index in [0.717, 1.165) is 65.8 Å². The lowest BCUT2D eigenvalue weighted by Crippen LogP contribution is -2.33. The highest BCUT2D eigenvalue weighted by Crippen LogP contribution is 2.31. The molecule has 3 heterocycles. The summed E-state index contributed by atoms with van der Waals surface area (Å²) < 4.78 is 7.57. The van der Waals surface area contributed by atoms with Crippen molar-refractivity contribution >= 4 is 39.2 Å². The summed E-state index contributed by atoms with van der Waals surface area (Å²) in [7, 11) is 0. The van der Waals surface area contributed by atoms with Gasteiger partial charge in [-0.05, 0) is 62.1 Å². The van der Waals surface area contributed by atoms with Crippen LogP contribution in [-0.2, 0) is 28.9 Å². The van der Waals surface area contributed by atoms with Gasteiger partial charge >= 0.3 is 0 Å². The highest BCUT2D eigenvalue weighted by molar-refractivity contribution is 7.99. The number of rotatable bonds is 7. The van der Waals surface area contributed by atoms with Crippen LogP contribution in [0.4, 0.5) is 0 Å². The number of aryl methyl sites for hydroxylation is 3. The van der Waals surface area contributed by atoms with Gasteiger partial charge in [-0.1, -0.05) is 43.0 Å². The molecule has 1 amide bonds. The van der Waals surface area contributed by atoms with E-state index in [2.05, 4.69) is 37.4 Å². The smallest absolute Gasteiger partial charge is 0.263 e. The van der Waals surface area contributed by atoms with Crippen molar-refractivity contribution in [2.45, 2.75) is 76.2 Å². The molecule has 0 bridgehead atoms. The van der Waals surface area contributed by atoms with Gasteiger partial charge in [0.15, 0.2) is 5.16 Å². The number of thiophene rings is 1. The molecule has 2 atom stereocenters. The maximum Gasteiger partial charge on any atom is 0.263 e. The zero-order valence-corrected chi connectivity index (χ0v) is 21.4. The summed E-state index contributed by atoms with van der Waals surface area (Å²) in [5.74, 6) is 0.203. The number of fused-ring (bicyclic) bond motifs is 2. The average Bonchev–Trinajstić information content (AvgIpc) is 3.47. The number of hydrogen-bond donors (Lipinski definition) is 1. The normalized spacial score (nSPS) is 19.9. The molecule has 5 rings (SSSR count). The summed E-state index contributed by atoms with van der Waals surface area (Å²) >= 11 is 2.92. The largest absolute Gasteiger partial charge is 0.376 e. The second-order valence-electron chi connectivity index (χ2n) is 9.12. The van der Waals surface area contributed by atoms with Gasteiger partial charge in [0, 0.05) is 11.5 Å². The van der Waals surface area contributed by atoms with E-state index in [-0.39, 0.29) is 29.4 Å². The lowest BCUT2D eigenvalue weighted by Gasteiger charge is -2.26. The predicted molar refractivity (Wildman–Crippen MR) is 138 cm³/mol. The molecule has 2 unspecified atom stereocenters. The van der Waals surface area contributed by atoms with Crippen molar-refractivity contribution in [3.05, 3.63) is 56.2 Å². The summed E-state index contributed by atoms with van der Waals surface area (Å²) in [4.78, 5) is 33.3. The molecule has 2 aromatic heterocycles. The Morgan fingerprint density at radius 3 is 2.94 bits per heavy atom. The molecule has 6 nitrogen and oxygen atoms in total. The second-order valence-corrected chi connectivity index (χ2v) is 11.3. The monoisotopic (exact) mass is 497 g/mol. The Bertz CT molecular complexity index is 1260. The quantitative estimate of drug-likeness (QED) is 0.375. The zero-order valence-electron chi connectivity index (χ0n) is 19.8. The van der Waals surface area contributed by atoms with E-state index in [4.69, 9.17) is 9.72 Å². The minimum Gasteiger partial charge on any atom is -0.376 e. The molecule has 1 aromatic carbocycles. The Morgan fingerprint density at radius 1 is 1.29 bits per heavy atom. The molecule has 1 saturated heterocycles. The van der Waals surface area contributed by atoms with Gasteiger partial charge in [-0.3, -0.25) is 14.2 Å². The van der Waals surface area contributed by atoms with Crippen molar-refractivity contribution in [1.82, 2.24) is 14.9 Å². The van der Waals surface area contributed by atoms with Crippen LogP contribution in [0.25, 0.3) is 10.2 Å². The van der Waals surface area contributed by atoms with Crippen molar-refractivity contribution in [3.8, 4) is 0 Å². The highest BCUT2D eigenvalue weighted by atomic mass is 32.2. The van der Waals surface area contributed by atoms with Crippen LogP contribution >= 0.6 is 23.1 Å². The molecule has 34 heavy (non-hydrogen) atoms. The van der Waals surface area contributed by atoms with E-state index in [1.807, 2.05) is 6.07 Å². The van der Waals surface area contributed by atoms with E-state index in [9.17, 15) is 9.59 Å². The lowest BCUT2D eigenvalue weighted by molar-refractivity contribution is -0.119. The number of aromatic nitrogens is 2. The summed E-state index contributed by atoms with van der Waals surface area (Å²) in [6.45, 7) is 5.35. The van der Waals surface area contributed by atoms with Gasteiger partial charge in [0.05, 0.1) is 29.8 Å². The minimum absolute atomic E-state index is 0.00850. The van der Waals surface area contributed by atoms with E-state index in [1.165, 1.54) is 22.9 Å². The third-order valence-electron chi connectivity index (χ3n) is 6.88. The Morgan fingerprint density at radius 2 is 2.15 bits per heavy atom. The van der Waals surface area contributed by atoms with Gasteiger partial charge in [0.25, 0.3) is 5.56 Å². The van der Waals surface area contributed by atoms with Gasteiger partial charge < -0.3 is 10.1 Å². The van der Waals surface area contributed by atoms with Crippen LogP contribution in [-0.4, -0.2) is 33.9 Å². The SMILES string of the molecule is CCc1c(C)sc2nc(SCC(=O)NC3CCCc4ccccc43)n(CC3CCCO3)c(=O)c12. The molecular formula is C26H31N3O3S2. The standard InChI is InChI=1S/C26H31N3O3S2/c1-3-19-16(2)34-24-23(19)25(31)29(14-18-10-7-13-32-18)26(28-24)33-15-22(30)27-21-12-6-9-17-8-4-5-11-20(17)21/h4-5,8,11,18,21H,3,6-7,9-10,12-15H2,1-2H3,(H,27,30). The number of nitrogens with zero attached hydrogens (tertiary/aromatic N) is 2. The van der Waals surface area contributed by atoms with Crippen molar-refractivity contribution in [2.75, 3.05) is 12.4 Å². The summed E-state index contributed by atoms with van der Waals surface area (Å²) in [5, 5.41) is 4.55.